The molecule has 98 valence electrons. The van der Waals surface area contributed by atoms with E-state index in [-0.39, 0.29) is 0 Å². The average molecular weight is 231 g/mol. The number of hydrogen-bond donors (Lipinski definition) is 1. The molecule has 16 heavy (non-hydrogen) atoms. The summed E-state index contributed by atoms with van der Waals surface area (Å²) in [4.78, 5) is 11.3. The van der Waals surface area contributed by atoms with E-state index in [0.717, 1.165) is 6.92 Å². The average Bonchev–Trinajstić information content (AvgIpc) is 2.15. The molecule has 0 spiro atoms. The number of carboxylic acid groups (broad SMARTS) is 1. The maximum Gasteiger partial charge on any atom is 0.300 e. The Morgan fingerprint density at radius 3 is 1.75 bits per heavy atom. The van der Waals surface area contributed by atoms with Gasteiger partial charge in [-0.25, -0.2) is 0 Å². The molecule has 0 aromatic rings. The van der Waals surface area contributed by atoms with Gasteiger partial charge in [-0.15, -0.1) is 0 Å². The zero-order valence-electron chi connectivity index (χ0n) is 11.5. The molecule has 0 saturated carbocycles. The van der Waals surface area contributed by atoms with Crippen LogP contribution in [0.3, 0.4) is 0 Å². The number of rotatable bonds is 8. The Morgan fingerprint density at radius 2 is 1.38 bits per heavy atom. The van der Waals surface area contributed by atoms with Gasteiger partial charge >= 0.3 is 0 Å². The predicted octanol–water partition coefficient (Wildman–Crippen LogP) is 3.39. The Balaban J connectivity index is 0. The molecule has 0 aromatic heterocycles. The summed E-state index contributed by atoms with van der Waals surface area (Å²) >= 11 is 0. The van der Waals surface area contributed by atoms with Crippen LogP contribution in [-0.2, 0) is 4.79 Å². The molecular formula is C13H29NO2. The number of unbranched alkanes of at least 4 members (excludes halogenated alkanes) is 6. The minimum Gasteiger partial charge on any atom is -0.481 e. The molecule has 0 fully saturated rings. The van der Waals surface area contributed by atoms with Crippen LogP contribution in [0, 0.1) is 0 Å². The van der Waals surface area contributed by atoms with E-state index in [1.165, 1.54) is 51.5 Å². The fourth-order valence-electron chi connectivity index (χ4n) is 1.39. The van der Waals surface area contributed by atoms with E-state index in [1.54, 1.807) is 0 Å². The van der Waals surface area contributed by atoms with Crippen LogP contribution in [0.15, 0.2) is 0 Å². The van der Waals surface area contributed by atoms with Crippen molar-refractivity contribution in [3.05, 3.63) is 0 Å². The minimum absolute atomic E-state index is 0.833. The standard InChI is InChI=1S/C11H25N.C2H4O2/c1-4-5-6-7-8-9-10-11-12(2)3;1-2(3)4/h4-11H2,1-3H3;1H3,(H,3,4). The monoisotopic (exact) mass is 231 g/mol. The predicted molar refractivity (Wildman–Crippen MR) is 69.9 cm³/mol. The molecule has 0 heterocycles. The zero-order valence-corrected chi connectivity index (χ0v) is 11.5. The van der Waals surface area contributed by atoms with Gasteiger partial charge < -0.3 is 10.0 Å². The van der Waals surface area contributed by atoms with E-state index in [9.17, 15) is 0 Å². The molecule has 0 saturated heterocycles. The van der Waals surface area contributed by atoms with Crippen LogP contribution in [0.4, 0.5) is 0 Å². The Kier molecular flexibility index (Phi) is 16.1. The van der Waals surface area contributed by atoms with Gasteiger partial charge in [0.25, 0.3) is 5.97 Å². The Hall–Kier alpha value is -0.570. The second-order valence-corrected chi connectivity index (χ2v) is 4.44. The molecule has 0 atom stereocenters. The van der Waals surface area contributed by atoms with E-state index >= 15 is 0 Å². The van der Waals surface area contributed by atoms with Gasteiger partial charge in [-0.1, -0.05) is 45.4 Å². The fourth-order valence-corrected chi connectivity index (χ4v) is 1.39. The number of carboxylic acids is 1. The van der Waals surface area contributed by atoms with Crippen molar-refractivity contribution in [1.82, 2.24) is 4.90 Å². The topological polar surface area (TPSA) is 40.5 Å². The molecule has 0 rings (SSSR count). The van der Waals surface area contributed by atoms with Crippen molar-refractivity contribution < 1.29 is 9.90 Å². The highest BCUT2D eigenvalue weighted by Gasteiger charge is 1.91. The molecule has 0 radical (unpaired) electrons. The van der Waals surface area contributed by atoms with Crippen LogP contribution in [0.25, 0.3) is 0 Å². The molecule has 0 amide bonds. The van der Waals surface area contributed by atoms with Gasteiger partial charge in [0.05, 0.1) is 0 Å². The van der Waals surface area contributed by atoms with Gasteiger partial charge in [-0.05, 0) is 27.1 Å². The van der Waals surface area contributed by atoms with Crippen molar-refractivity contribution in [1.29, 1.82) is 0 Å². The second-order valence-electron chi connectivity index (χ2n) is 4.44. The van der Waals surface area contributed by atoms with E-state index in [0.29, 0.717) is 0 Å². The summed E-state index contributed by atoms with van der Waals surface area (Å²) in [7, 11) is 4.30. The lowest BCUT2D eigenvalue weighted by Crippen LogP contribution is -2.12. The Bertz CT molecular complexity index is 143. The van der Waals surface area contributed by atoms with E-state index in [4.69, 9.17) is 9.90 Å². The molecular weight excluding hydrogens is 202 g/mol. The summed E-state index contributed by atoms with van der Waals surface area (Å²) in [6, 6.07) is 0. The molecule has 0 aliphatic carbocycles. The highest BCUT2D eigenvalue weighted by Crippen LogP contribution is 2.06. The van der Waals surface area contributed by atoms with Gasteiger partial charge in [-0.3, -0.25) is 4.79 Å². The first-order chi connectivity index (χ1) is 7.50. The third-order valence-electron chi connectivity index (χ3n) is 2.21. The molecule has 0 aliphatic heterocycles. The quantitative estimate of drug-likeness (QED) is 0.651. The molecule has 0 aliphatic rings. The molecule has 0 unspecified atom stereocenters. The van der Waals surface area contributed by atoms with E-state index in [1.807, 2.05) is 0 Å². The number of aliphatic carboxylic acids is 1. The summed E-state index contributed by atoms with van der Waals surface area (Å²) < 4.78 is 0. The summed E-state index contributed by atoms with van der Waals surface area (Å²) in [6.07, 6.45) is 9.90. The van der Waals surface area contributed by atoms with E-state index < -0.39 is 5.97 Å². The number of hydrogen-bond acceptors (Lipinski definition) is 2. The molecule has 1 N–H and O–H groups in total. The van der Waals surface area contributed by atoms with Crippen molar-refractivity contribution in [2.24, 2.45) is 0 Å². The zero-order chi connectivity index (χ0) is 12.8. The van der Waals surface area contributed by atoms with Crippen molar-refractivity contribution in [2.45, 2.75) is 58.8 Å². The Labute approximate surface area is 101 Å². The van der Waals surface area contributed by atoms with Crippen LogP contribution in [0.1, 0.15) is 58.8 Å². The van der Waals surface area contributed by atoms with Gasteiger partial charge in [0.1, 0.15) is 0 Å². The van der Waals surface area contributed by atoms with Crippen LogP contribution in [0.2, 0.25) is 0 Å². The highest BCUT2D eigenvalue weighted by atomic mass is 16.4. The highest BCUT2D eigenvalue weighted by molar-refractivity contribution is 5.62. The van der Waals surface area contributed by atoms with Crippen molar-refractivity contribution >= 4 is 5.97 Å². The summed E-state index contributed by atoms with van der Waals surface area (Å²) in [6.45, 7) is 4.61. The summed E-state index contributed by atoms with van der Waals surface area (Å²) in [5.41, 5.74) is 0. The smallest absolute Gasteiger partial charge is 0.300 e. The third-order valence-corrected chi connectivity index (χ3v) is 2.21. The number of nitrogens with zero attached hydrogens (tertiary/aromatic N) is 1. The van der Waals surface area contributed by atoms with Gasteiger partial charge in [0, 0.05) is 6.92 Å². The molecule has 3 nitrogen and oxygen atoms in total. The minimum atomic E-state index is -0.833. The fraction of sp³-hybridized carbons (Fsp3) is 0.923. The van der Waals surface area contributed by atoms with Crippen LogP contribution >= 0.6 is 0 Å². The van der Waals surface area contributed by atoms with Crippen molar-refractivity contribution in [3.8, 4) is 0 Å². The summed E-state index contributed by atoms with van der Waals surface area (Å²) in [5.74, 6) is -0.833. The number of carbonyl (C=O) groups is 1. The SMILES string of the molecule is CC(=O)O.CCCCCCCCCN(C)C. The van der Waals surface area contributed by atoms with E-state index in [2.05, 4.69) is 25.9 Å². The van der Waals surface area contributed by atoms with Crippen molar-refractivity contribution in [3.63, 3.8) is 0 Å². The van der Waals surface area contributed by atoms with Gasteiger partial charge in [-0.2, -0.15) is 0 Å². The first-order valence-corrected chi connectivity index (χ1v) is 6.35. The Morgan fingerprint density at radius 1 is 1.00 bits per heavy atom. The lowest BCUT2D eigenvalue weighted by molar-refractivity contribution is -0.134. The molecule has 3 heteroatoms. The lowest BCUT2D eigenvalue weighted by Gasteiger charge is -2.08. The normalized spacial score (nSPS) is 9.81. The summed E-state index contributed by atoms with van der Waals surface area (Å²) in [5, 5.41) is 7.42. The second kappa shape index (κ2) is 14.4. The first-order valence-electron chi connectivity index (χ1n) is 6.35. The molecule has 0 bridgehead atoms. The van der Waals surface area contributed by atoms with Crippen LogP contribution < -0.4 is 0 Å². The lowest BCUT2D eigenvalue weighted by atomic mass is 10.1. The largest absolute Gasteiger partial charge is 0.481 e. The maximum absolute atomic E-state index is 9.00. The van der Waals surface area contributed by atoms with Crippen LogP contribution in [0.5, 0.6) is 0 Å². The van der Waals surface area contributed by atoms with Gasteiger partial charge in [0.2, 0.25) is 0 Å². The van der Waals surface area contributed by atoms with Gasteiger partial charge in [0.15, 0.2) is 0 Å². The first kappa shape index (κ1) is 17.8. The van der Waals surface area contributed by atoms with Crippen LogP contribution in [-0.4, -0.2) is 36.6 Å². The molecule has 0 aromatic carbocycles. The van der Waals surface area contributed by atoms with Crippen molar-refractivity contribution in [2.75, 3.05) is 20.6 Å². The third kappa shape index (κ3) is 29.2. The maximum atomic E-state index is 9.00.